The molecule has 2 atom stereocenters. The summed E-state index contributed by atoms with van der Waals surface area (Å²) in [5.41, 5.74) is 2.22. The molecule has 0 radical (unpaired) electrons. The third-order valence-corrected chi connectivity index (χ3v) is 4.27. The Kier molecular flexibility index (Phi) is 3.88. The second kappa shape index (κ2) is 6.34. The van der Waals surface area contributed by atoms with Crippen LogP contribution in [-0.2, 0) is 0 Å². The van der Waals surface area contributed by atoms with E-state index in [4.69, 9.17) is 5.11 Å². The zero-order chi connectivity index (χ0) is 17.2. The number of carbonyl (C=O) groups is 1. The minimum Gasteiger partial charge on any atom is -0.465 e. The molecule has 9 heteroatoms. The molecule has 0 unspecified atom stereocenters. The molecule has 9 nitrogen and oxygen atoms in total. The van der Waals surface area contributed by atoms with Gasteiger partial charge in [0.1, 0.15) is 0 Å². The van der Waals surface area contributed by atoms with E-state index in [9.17, 15) is 4.79 Å². The summed E-state index contributed by atoms with van der Waals surface area (Å²) in [6.45, 7) is 0. The Labute approximate surface area is 143 Å². The molecule has 0 spiro atoms. The Morgan fingerprint density at radius 1 is 1.12 bits per heavy atom. The first kappa shape index (κ1) is 15.3. The maximum absolute atomic E-state index is 10.7. The quantitative estimate of drug-likeness (QED) is 0.663. The Hall–Kier alpha value is -3.23. The molecule has 25 heavy (non-hydrogen) atoms. The summed E-state index contributed by atoms with van der Waals surface area (Å²) in [7, 11) is 0. The minimum atomic E-state index is -0.981. The molecule has 3 N–H and O–H groups in total. The number of hydrogen-bond acceptors (Lipinski definition) is 6. The van der Waals surface area contributed by atoms with E-state index in [1.54, 1.807) is 16.9 Å². The van der Waals surface area contributed by atoms with Crippen LogP contribution in [0.1, 0.15) is 19.3 Å². The van der Waals surface area contributed by atoms with Gasteiger partial charge in [0, 0.05) is 30.5 Å². The van der Waals surface area contributed by atoms with E-state index in [0.29, 0.717) is 5.95 Å². The minimum absolute atomic E-state index is 0.0240. The van der Waals surface area contributed by atoms with Crippen LogP contribution in [0.5, 0.6) is 0 Å². The molecule has 3 heterocycles. The van der Waals surface area contributed by atoms with Gasteiger partial charge in [0.15, 0.2) is 5.65 Å². The summed E-state index contributed by atoms with van der Waals surface area (Å²) in [4.78, 5) is 24.1. The Morgan fingerprint density at radius 3 is 2.84 bits per heavy atom. The third kappa shape index (κ3) is 3.35. The van der Waals surface area contributed by atoms with Crippen LogP contribution in [-0.4, -0.2) is 47.8 Å². The van der Waals surface area contributed by atoms with Crippen LogP contribution >= 0.6 is 0 Å². The average molecular weight is 339 g/mol. The van der Waals surface area contributed by atoms with E-state index in [-0.39, 0.29) is 12.1 Å². The molecule has 0 saturated heterocycles. The second-order valence-electron chi connectivity index (χ2n) is 6.01. The van der Waals surface area contributed by atoms with Crippen LogP contribution in [0.25, 0.3) is 17.0 Å². The number of fused-ring (bicyclic) bond motifs is 1. The van der Waals surface area contributed by atoms with Crippen LogP contribution in [0.15, 0.2) is 36.8 Å². The van der Waals surface area contributed by atoms with Crippen molar-refractivity contribution in [3.63, 3.8) is 0 Å². The number of amides is 1. The first-order valence-corrected chi connectivity index (χ1v) is 8.07. The van der Waals surface area contributed by atoms with Crippen LogP contribution < -0.4 is 10.6 Å². The van der Waals surface area contributed by atoms with Crippen molar-refractivity contribution < 1.29 is 9.90 Å². The molecule has 1 saturated carbocycles. The molecule has 0 aliphatic heterocycles. The summed E-state index contributed by atoms with van der Waals surface area (Å²) in [6, 6.07) is 5.62. The lowest BCUT2D eigenvalue weighted by atomic mass is 10.2. The fourth-order valence-corrected chi connectivity index (χ4v) is 3.13. The van der Waals surface area contributed by atoms with E-state index in [1.807, 2.05) is 24.4 Å². The van der Waals surface area contributed by atoms with Gasteiger partial charge < -0.3 is 15.7 Å². The Bertz CT molecular complexity index is 910. The number of nitrogens with one attached hydrogen (secondary N) is 2. The summed E-state index contributed by atoms with van der Waals surface area (Å²) in [5, 5.41) is 18.7. The predicted molar refractivity (Wildman–Crippen MR) is 90.2 cm³/mol. The lowest BCUT2D eigenvalue weighted by Crippen LogP contribution is -2.32. The molecule has 1 amide bonds. The fourth-order valence-electron chi connectivity index (χ4n) is 3.13. The summed E-state index contributed by atoms with van der Waals surface area (Å²) in [5.74, 6) is 0.522. The zero-order valence-electron chi connectivity index (χ0n) is 13.3. The van der Waals surface area contributed by atoms with Gasteiger partial charge in [-0.05, 0) is 31.4 Å². The van der Waals surface area contributed by atoms with Crippen molar-refractivity contribution in [2.45, 2.75) is 31.3 Å². The van der Waals surface area contributed by atoms with Gasteiger partial charge in [-0.1, -0.05) is 0 Å². The van der Waals surface area contributed by atoms with Crippen LogP contribution in [0.4, 0.5) is 10.7 Å². The first-order valence-electron chi connectivity index (χ1n) is 8.07. The van der Waals surface area contributed by atoms with Crippen LogP contribution in [0.3, 0.4) is 0 Å². The SMILES string of the molecule is O=C(O)N[C@H]1CC[C@H](Nc2nccc(-c3ccn4nccc4n3)n2)C1. The van der Waals surface area contributed by atoms with Crippen molar-refractivity contribution in [1.82, 2.24) is 29.9 Å². The number of carboxylic acid groups (broad SMARTS) is 1. The average Bonchev–Trinajstić information content (AvgIpc) is 3.23. The molecular formula is C16H17N7O2. The van der Waals surface area contributed by atoms with E-state index in [0.717, 1.165) is 36.3 Å². The highest BCUT2D eigenvalue weighted by atomic mass is 16.4. The zero-order valence-corrected chi connectivity index (χ0v) is 13.3. The Morgan fingerprint density at radius 2 is 1.96 bits per heavy atom. The number of aromatic nitrogens is 5. The highest BCUT2D eigenvalue weighted by Gasteiger charge is 2.26. The molecule has 128 valence electrons. The molecule has 0 aromatic carbocycles. The molecule has 3 aromatic rings. The molecule has 1 fully saturated rings. The van der Waals surface area contributed by atoms with Gasteiger partial charge in [-0.2, -0.15) is 5.10 Å². The van der Waals surface area contributed by atoms with E-state index < -0.39 is 6.09 Å². The highest BCUT2D eigenvalue weighted by molar-refractivity contribution is 5.65. The lowest BCUT2D eigenvalue weighted by molar-refractivity contribution is 0.190. The molecule has 4 rings (SSSR count). The monoisotopic (exact) mass is 339 g/mol. The van der Waals surface area contributed by atoms with Crippen molar-refractivity contribution in [3.8, 4) is 11.4 Å². The summed E-state index contributed by atoms with van der Waals surface area (Å²) < 4.78 is 1.69. The second-order valence-corrected chi connectivity index (χ2v) is 6.01. The topological polar surface area (TPSA) is 117 Å². The number of nitrogens with zero attached hydrogens (tertiary/aromatic N) is 5. The number of anilines is 1. The fraction of sp³-hybridized carbons (Fsp3) is 0.312. The molecule has 1 aliphatic carbocycles. The van der Waals surface area contributed by atoms with E-state index in [1.165, 1.54) is 0 Å². The van der Waals surface area contributed by atoms with Gasteiger partial charge in [-0.25, -0.2) is 24.3 Å². The summed E-state index contributed by atoms with van der Waals surface area (Å²) in [6.07, 6.45) is 6.65. The predicted octanol–water partition coefficient (Wildman–Crippen LogP) is 1.79. The van der Waals surface area contributed by atoms with E-state index >= 15 is 0 Å². The van der Waals surface area contributed by atoms with Crippen LogP contribution in [0.2, 0.25) is 0 Å². The number of hydrogen-bond donors (Lipinski definition) is 3. The van der Waals surface area contributed by atoms with Gasteiger partial charge in [0.05, 0.1) is 17.6 Å². The normalized spacial score (nSPS) is 19.8. The van der Waals surface area contributed by atoms with Crippen LogP contribution in [0, 0.1) is 0 Å². The highest BCUT2D eigenvalue weighted by Crippen LogP contribution is 2.23. The van der Waals surface area contributed by atoms with Gasteiger partial charge in [-0.3, -0.25) is 0 Å². The van der Waals surface area contributed by atoms with Gasteiger partial charge in [0.2, 0.25) is 5.95 Å². The van der Waals surface area contributed by atoms with Crippen molar-refractivity contribution >= 4 is 17.7 Å². The number of rotatable bonds is 4. The lowest BCUT2D eigenvalue weighted by Gasteiger charge is -2.13. The standard InChI is InChI=1S/C16H17N7O2/c24-16(25)20-11-2-1-10(9-11)19-15-17-6-3-12(22-15)13-5-8-23-14(21-13)4-7-18-23/h3-8,10-11,20H,1-2,9H2,(H,24,25)(H,17,19,22)/t10-,11-/m0/s1. The molecule has 1 aliphatic rings. The maximum atomic E-state index is 10.7. The van der Waals surface area contributed by atoms with Gasteiger partial charge in [-0.15, -0.1) is 0 Å². The van der Waals surface area contributed by atoms with Crippen molar-refractivity contribution in [1.29, 1.82) is 0 Å². The van der Waals surface area contributed by atoms with Crippen molar-refractivity contribution in [3.05, 3.63) is 36.8 Å². The first-order chi connectivity index (χ1) is 12.2. The van der Waals surface area contributed by atoms with Crippen molar-refractivity contribution in [2.24, 2.45) is 0 Å². The largest absolute Gasteiger partial charge is 0.465 e. The Balaban J connectivity index is 1.49. The van der Waals surface area contributed by atoms with Crippen molar-refractivity contribution in [2.75, 3.05) is 5.32 Å². The maximum Gasteiger partial charge on any atom is 0.404 e. The molecule has 3 aromatic heterocycles. The third-order valence-electron chi connectivity index (χ3n) is 4.27. The van der Waals surface area contributed by atoms with E-state index in [2.05, 4.69) is 30.7 Å². The summed E-state index contributed by atoms with van der Waals surface area (Å²) >= 11 is 0. The van der Waals surface area contributed by atoms with Gasteiger partial charge >= 0.3 is 6.09 Å². The smallest absolute Gasteiger partial charge is 0.404 e. The van der Waals surface area contributed by atoms with Gasteiger partial charge in [0.25, 0.3) is 0 Å². The molecular weight excluding hydrogens is 322 g/mol. The molecule has 0 bridgehead atoms.